The van der Waals surface area contributed by atoms with Crippen molar-refractivity contribution >= 4 is 17.5 Å². The number of nitrogens with zero attached hydrogens (tertiary/aromatic N) is 2. The number of piperidine rings is 1. The Morgan fingerprint density at radius 1 is 1.18 bits per heavy atom. The minimum atomic E-state index is -0.451. The number of carbonyl (C=O) groups excluding carboxylic acids is 1. The molecule has 0 saturated carbocycles. The van der Waals surface area contributed by atoms with Gasteiger partial charge in [0.25, 0.3) is 0 Å². The summed E-state index contributed by atoms with van der Waals surface area (Å²) in [4.78, 5) is 17.6. The van der Waals surface area contributed by atoms with Crippen LogP contribution >= 0.6 is 11.6 Å². The lowest BCUT2D eigenvalue weighted by Gasteiger charge is -2.40. The number of hydrogen-bond donors (Lipinski definition) is 2. The average molecular weight is 471 g/mol. The van der Waals surface area contributed by atoms with Gasteiger partial charge in [-0.3, -0.25) is 4.79 Å². The van der Waals surface area contributed by atoms with E-state index in [0.29, 0.717) is 44.1 Å². The molecule has 5 rings (SSSR count). The molecule has 1 unspecified atom stereocenters. The summed E-state index contributed by atoms with van der Waals surface area (Å²) in [5.74, 6) is -0.0942. The molecule has 1 spiro atoms. The Balaban J connectivity index is 1.30. The van der Waals surface area contributed by atoms with E-state index in [0.717, 1.165) is 31.5 Å². The van der Waals surface area contributed by atoms with E-state index in [2.05, 4.69) is 29.2 Å². The molecular formula is C26H31ClN2O4. The first-order valence-corrected chi connectivity index (χ1v) is 12.2. The van der Waals surface area contributed by atoms with Crippen LogP contribution in [0.2, 0.25) is 5.02 Å². The summed E-state index contributed by atoms with van der Waals surface area (Å²) in [7, 11) is 0. The van der Waals surface area contributed by atoms with E-state index in [9.17, 15) is 15.0 Å². The zero-order valence-corrected chi connectivity index (χ0v) is 19.5. The summed E-state index contributed by atoms with van der Waals surface area (Å²) in [6.07, 6.45) is 2.43. The summed E-state index contributed by atoms with van der Waals surface area (Å²) in [5.41, 5.74) is 3.16. The second-order valence-electron chi connectivity index (χ2n) is 9.64. The Labute approximate surface area is 199 Å². The van der Waals surface area contributed by atoms with Crippen molar-refractivity contribution in [2.45, 2.75) is 44.0 Å². The van der Waals surface area contributed by atoms with Gasteiger partial charge in [-0.15, -0.1) is 0 Å². The molecule has 0 aromatic heterocycles. The highest BCUT2D eigenvalue weighted by atomic mass is 35.5. The van der Waals surface area contributed by atoms with E-state index in [1.54, 1.807) is 23.1 Å². The van der Waals surface area contributed by atoms with E-state index in [4.69, 9.17) is 16.3 Å². The number of benzene rings is 2. The van der Waals surface area contributed by atoms with Crippen molar-refractivity contribution in [3.05, 3.63) is 64.2 Å². The molecule has 6 nitrogen and oxygen atoms in total. The summed E-state index contributed by atoms with van der Waals surface area (Å²) < 4.78 is 6.30. The lowest BCUT2D eigenvalue weighted by Crippen LogP contribution is -2.47. The monoisotopic (exact) mass is 470 g/mol. The van der Waals surface area contributed by atoms with Crippen LogP contribution in [0.25, 0.3) is 0 Å². The van der Waals surface area contributed by atoms with E-state index in [1.807, 2.05) is 0 Å². The van der Waals surface area contributed by atoms with Gasteiger partial charge in [-0.2, -0.15) is 0 Å². The molecule has 2 N–H and O–H groups in total. The topological polar surface area (TPSA) is 73.2 Å². The Bertz CT molecular complexity index is 1020. The maximum atomic E-state index is 13.4. The molecule has 2 aromatic carbocycles. The lowest BCUT2D eigenvalue weighted by molar-refractivity contribution is -0.136. The van der Waals surface area contributed by atoms with Gasteiger partial charge in [-0.1, -0.05) is 35.9 Å². The van der Waals surface area contributed by atoms with Crippen molar-refractivity contribution in [3.8, 4) is 5.75 Å². The number of amides is 1. The zero-order valence-electron chi connectivity index (χ0n) is 18.8. The largest absolute Gasteiger partial charge is 0.508 e. The van der Waals surface area contributed by atoms with Gasteiger partial charge in [0.2, 0.25) is 5.91 Å². The molecule has 33 heavy (non-hydrogen) atoms. The molecule has 2 atom stereocenters. The molecular weight excluding hydrogens is 440 g/mol. The second-order valence-corrected chi connectivity index (χ2v) is 10.1. The van der Waals surface area contributed by atoms with Gasteiger partial charge in [0, 0.05) is 37.7 Å². The highest BCUT2D eigenvalue weighted by molar-refractivity contribution is 6.31. The SMILES string of the molecule is O=C(C(Cc1cc(O)ccc1Cl)CN1CCC2(CC1)OCc1ccccc12)N1CC[C@@H](O)C1. The Hall–Kier alpha value is -2.12. The van der Waals surface area contributed by atoms with E-state index >= 15 is 0 Å². The van der Waals surface area contributed by atoms with Crippen molar-refractivity contribution in [2.24, 2.45) is 5.92 Å². The number of hydrogen-bond acceptors (Lipinski definition) is 5. The van der Waals surface area contributed by atoms with Crippen molar-refractivity contribution in [1.82, 2.24) is 9.80 Å². The van der Waals surface area contributed by atoms with Crippen LogP contribution in [0.1, 0.15) is 36.0 Å². The fourth-order valence-electron chi connectivity index (χ4n) is 5.62. The van der Waals surface area contributed by atoms with Gasteiger partial charge in [-0.05, 0) is 60.6 Å². The maximum absolute atomic E-state index is 13.4. The average Bonchev–Trinajstić information content (AvgIpc) is 3.41. The fraction of sp³-hybridized carbons (Fsp3) is 0.500. The second kappa shape index (κ2) is 9.26. The number of phenols is 1. The van der Waals surface area contributed by atoms with Gasteiger partial charge in [0.05, 0.1) is 24.2 Å². The number of carbonyl (C=O) groups is 1. The standard InChI is InChI=1S/C26H31ClN2O4/c27-24-6-5-21(30)14-19(24)13-20(25(32)29-10-7-22(31)16-29)15-28-11-8-26(9-12-28)23-4-2-1-3-18(23)17-33-26/h1-6,14,20,22,30-31H,7-13,15-17H2/t20?,22-/m1/s1. The third-order valence-electron chi connectivity index (χ3n) is 7.47. The zero-order chi connectivity index (χ0) is 23.0. The third kappa shape index (κ3) is 4.62. The van der Waals surface area contributed by atoms with Gasteiger partial charge >= 0.3 is 0 Å². The fourth-order valence-corrected chi connectivity index (χ4v) is 5.81. The van der Waals surface area contributed by atoms with Crippen LogP contribution in [0, 0.1) is 5.92 Å². The minimum absolute atomic E-state index is 0.0497. The number of rotatable bonds is 5. The number of aromatic hydroxyl groups is 1. The highest BCUT2D eigenvalue weighted by Crippen LogP contribution is 2.44. The van der Waals surface area contributed by atoms with Crippen LogP contribution in [0.15, 0.2) is 42.5 Å². The molecule has 0 aliphatic carbocycles. The minimum Gasteiger partial charge on any atom is -0.508 e. The van der Waals surface area contributed by atoms with Crippen LogP contribution < -0.4 is 0 Å². The Morgan fingerprint density at radius 3 is 2.73 bits per heavy atom. The molecule has 2 fully saturated rings. The molecule has 3 aliphatic heterocycles. The van der Waals surface area contributed by atoms with Crippen LogP contribution in [-0.2, 0) is 28.2 Å². The number of halogens is 1. The lowest BCUT2D eigenvalue weighted by atomic mass is 9.83. The molecule has 0 radical (unpaired) electrons. The predicted molar refractivity (Wildman–Crippen MR) is 126 cm³/mol. The van der Waals surface area contributed by atoms with Crippen LogP contribution in [0.4, 0.5) is 0 Å². The Morgan fingerprint density at radius 2 is 1.97 bits per heavy atom. The van der Waals surface area contributed by atoms with Gasteiger partial charge in [0.1, 0.15) is 5.75 Å². The molecule has 7 heteroatoms. The maximum Gasteiger partial charge on any atom is 0.227 e. The number of aliphatic hydroxyl groups is 1. The molecule has 3 heterocycles. The van der Waals surface area contributed by atoms with Gasteiger partial charge in [-0.25, -0.2) is 0 Å². The van der Waals surface area contributed by atoms with Crippen LogP contribution in [0.5, 0.6) is 5.75 Å². The van der Waals surface area contributed by atoms with Crippen LogP contribution in [-0.4, -0.2) is 64.7 Å². The molecule has 3 aliphatic rings. The number of β-amino-alcohol motifs (C(OH)–C–C–N with tert-alkyl or cyclic N) is 1. The molecule has 176 valence electrons. The number of fused-ring (bicyclic) bond motifs is 2. The number of likely N-dealkylation sites (tertiary alicyclic amines) is 2. The van der Waals surface area contributed by atoms with Crippen LogP contribution in [0.3, 0.4) is 0 Å². The Kier molecular flexibility index (Phi) is 6.36. The third-order valence-corrected chi connectivity index (χ3v) is 7.84. The smallest absolute Gasteiger partial charge is 0.227 e. The van der Waals surface area contributed by atoms with E-state index in [-0.39, 0.29) is 23.2 Å². The number of aliphatic hydroxyl groups excluding tert-OH is 1. The first-order valence-electron chi connectivity index (χ1n) is 11.8. The van der Waals surface area contributed by atoms with Gasteiger partial charge in [0.15, 0.2) is 0 Å². The molecule has 1 amide bonds. The summed E-state index contributed by atoms with van der Waals surface area (Å²) >= 11 is 6.39. The van der Waals surface area contributed by atoms with Crippen molar-refractivity contribution < 1.29 is 19.7 Å². The molecule has 2 saturated heterocycles. The molecule has 2 aromatic rings. The summed E-state index contributed by atoms with van der Waals surface area (Å²) in [6, 6.07) is 13.4. The quantitative estimate of drug-likeness (QED) is 0.701. The predicted octanol–water partition coefficient (Wildman–Crippen LogP) is 3.32. The van der Waals surface area contributed by atoms with Crippen molar-refractivity contribution in [1.29, 1.82) is 0 Å². The van der Waals surface area contributed by atoms with Crippen molar-refractivity contribution in [3.63, 3.8) is 0 Å². The summed E-state index contributed by atoms with van der Waals surface area (Å²) in [5, 5.41) is 20.4. The van der Waals surface area contributed by atoms with E-state index in [1.165, 1.54) is 11.1 Å². The normalized spacial score (nSPS) is 23.1. The number of ether oxygens (including phenoxy) is 1. The highest BCUT2D eigenvalue weighted by Gasteiger charge is 2.43. The number of phenolic OH excluding ortho intramolecular Hbond substituents is 1. The first-order chi connectivity index (χ1) is 15.9. The molecule has 0 bridgehead atoms. The van der Waals surface area contributed by atoms with E-state index < -0.39 is 6.10 Å². The summed E-state index contributed by atoms with van der Waals surface area (Å²) in [6.45, 7) is 3.97. The van der Waals surface area contributed by atoms with Crippen molar-refractivity contribution in [2.75, 3.05) is 32.7 Å². The first kappa shape index (κ1) is 22.7. The van der Waals surface area contributed by atoms with Gasteiger partial charge < -0.3 is 24.7 Å².